The van der Waals surface area contributed by atoms with Crippen LogP contribution in [0.1, 0.15) is 18.4 Å². The van der Waals surface area contributed by atoms with Crippen LogP contribution in [0.3, 0.4) is 0 Å². The van der Waals surface area contributed by atoms with Crippen molar-refractivity contribution in [1.82, 2.24) is 14.7 Å². The van der Waals surface area contributed by atoms with Gasteiger partial charge in [0.2, 0.25) is 11.8 Å². The van der Waals surface area contributed by atoms with E-state index in [4.69, 9.17) is 11.5 Å². The minimum absolute atomic E-state index is 0.0614. The van der Waals surface area contributed by atoms with Gasteiger partial charge in [-0.15, -0.1) is 0 Å². The van der Waals surface area contributed by atoms with E-state index < -0.39 is 11.9 Å². The number of amides is 4. The zero-order valence-corrected chi connectivity index (χ0v) is 15.3. The fourth-order valence-corrected chi connectivity index (χ4v) is 3.29. The first-order chi connectivity index (χ1) is 13.4. The Morgan fingerprint density at radius 3 is 2.71 bits per heavy atom. The third kappa shape index (κ3) is 5.07. The van der Waals surface area contributed by atoms with Crippen molar-refractivity contribution in [1.29, 1.82) is 0 Å². The molecule has 6 N–H and O–H groups in total. The van der Waals surface area contributed by atoms with E-state index in [9.17, 15) is 14.4 Å². The number of primary amides is 2. The monoisotopic (exact) mass is 385 g/mol. The van der Waals surface area contributed by atoms with E-state index in [0.29, 0.717) is 17.9 Å². The molecule has 1 saturated heterocycles. The molecule has 0 saturated carbocycles. The molecule has 0 spiro atoms. The quantitative estimate of drug-likeness (QED) is 0.546. The van der Waals surface area contributed by atoms with Crippen LogP contribution in [0.15, 0.2) is 36.7 Å². The van der Waals surface area contributed by atoms with E-state index in [-0.39, 0.29) is 18.5 Å². The van der Waals surface area contributed by atoms with Crippen LogP contribution < -0.4 is 22.1 Å². The number of nitrogens with zero attached hydrogens (tertiary/aromatic N) is 3. The fourth-order valence-electron chi connectivity index (χ4n) is 3.29. The summed E-state index contributed by atoms with van der Waals surface area (Å²) >= 11 is 0. The summed E-state index contributed by atoms with van der Waals surface area (Å²) in [4.78, 5) is 36.7. The van der Waals surface area contributed by atoms with E-state index >= 15 is 0 Å². The van der Waals surface area contributed by atoms with Gasteiger partial charge in [0, 0.05) is 18.4 Å². The zero-order chi connectivity index (χ0) is 20.1. The molecule has 2 aromatic rings. The second-order valence-electron chi connectivity index (χ2n) is 6.70. The molecule has 0 unspecified atom stereocenters. The van der Waals surface area contributed by atoms with Crippen LogP contribution in [0.4, 0.5) is 16.2 Å². The molecule has 10 heteroatoms. The van der Waals surface area contributed by atoms with Crippen molar-refractivity contribution in [2.24, 2.45) is 11.5 Å². The summed E-state index contributed by atoms with van der Waals surface area (Å²) in [6.45, 7) is 1.35. The Bertz CT molecular complexity index is 880. The van der Waals surface area contributed by atoms with Gasteiger partial charge >= 0.3 is 6.03 Å². The van der Waals surface area contributed by atoms with Gasteiger partial charge in [-0.05, 0) is 37.1 Å². The van der Waals surface area contributed by atoms with Crippen molar-refractivity contribution >= 4 is 29.2 Å². The van der Waals surface area contributed by atoms with Crippen molar-refractivity contribution in [3.8, 4) is 0 Å². The maximum Gasteiger partial charge on any atom is 0.323 e. The summed E-state index contributed by atoms with van der Waals surface area (Å²) in [7, 11) is 0. The van der Waals surface area contributed by atoms with Gasteiger partial charge in [0.1, 0.15) is 6.54 Å². The Balaban J connectivity index is 1.58. The van der Waals surface area contributed by atoms with Crippen molar-refractivity contribution < 1.29 is 14.4 Å². The lowest BCUT2D eigenvalue weighted by atomic mass is 10.1. The van der Waals surface area contributed by atoms with Crippen LogP contribution in [-0.4, -0.2) is 45.1 Å². The topological polar surface area (TPSA) is 148 Å². The average Bonchev–Trinajstić information content (AvgIpc) is 3.24. The summed E-state index contributed by atoms with van der Waals surface area (Å²) < 4.78 is 1.34. The largest absolute Gasteiger partial charge is 0.368 e. The lowest BCUT2D eigenvalue weighted by molar-refractivity contribution is -0.122. The van der Waals surface area contributed by atoms with Crippen LogP contribution in [0.25, 0.3) is 0 Å². The molecule has 0 bridgehead atoms. The summed E-state index contributed by atoms with van der Waals surface area (Å²) in [5.74, 6) is -0.824. The van der Waals surface area contributed by atoms with E-state index in [2.05, 4.69) is 20.6 Å². The van der Waals surface area contributed by atoms with Gasteiger partial charge in [0.05, 0.1) is 17.9 Å². The van der Waals surface area contributed by atoms with Gasteiger partial charge in [0.15, 0.2) is 0 Å². The number of anilines is 2. The first-order valence-electron chi connectivity index (χ1n) is 8.92. The first kappa shape index (κ1) is 19.4. The molecule has 148 valence electrons. The molecular weight excluding hydrogens is 362 g/mol. The Kier molecular flexibility index (Phi) is 5.90. The molecule has 3 rings (SSSR count). The summed E-state index contributed by atoms with van der Waals surface area (Å²) in [6, 6.07) is 6.73. The van der Waals surface area contributed by atoms with Gasteiger partial charge in [0.25, 0.3) is 0 Å². The molecule has 1 atom stereocenters. The molecule has 0 radical (unpaired) electrons. The van der Waals surface area contributed by atoms with Crippen molar-refractivity contribution in [3.05, 3.63) is 42.2 Å². The van der Waals surface area contributed by atoms with Gasteiger partial charge in [-0.2, -0.15) is 5.10 Å². The number of rotatable bonds is 7. The zero-order valence-electron chi connectivity index (χ0n) is 15.3. The van der Waals surface area contributed by atoms with Crippen LogP contribution >= 0.6 is 0 Å². The molecule has 10 nitrogen and oxygen atoms in total. The molecule has 4 amide bonds. The Labute approximate surface area is 161 Å². The van der Waals surface area contributed by atoms with Gasteiger partial charge in [-0.25, -0.2) is 4.79 Å². The Hall–Kier alpha value is -3.40. The molecule has 28 heavy (non-hydrogen) atoms. The van der Waals surface area contributed by atoms with E-state index in [0.717, 1.165) is 24.9 Å². The van der Waals surface area contributed by atoms with Crippen LogP contribution in [0.5, 0.6) is 0 Å². The van der Waals surface area contributed by atoms with Gasteiger partial charge in [-0.1, -0.05) is 12.1 Å². The minimum atomic E-state index is -0.521. The Morgan fingerprint density at radius 1 is 1.18 bits per heavy atom. The predicted molar refractivity (Wildman–Crippen MR) is 103 cm³/mol. The number of nitrogens with two attached hydrogens (primary N) is 2. The van der Waals surface area contributed by atoms with Crippen LogP contribution in [0, 0.1) is 0 Å². The second-order valence-corrected chi connectivity index (χ2v) is 6.70. The van der Waals surface area contributed by atoms with Crippen molar-refractivity contribution in [2.75, 3.05) is 17.2 Å². The van der Waals surface area contributed by atoms with Gasteiger partial charge in [-0.3, -0.25) is 19.2 Å². The number of urea groups is 1. The van der Waals surface area contributed by atoms with E-state index in [1.807, 2.05) is 18.2 Å². The molecule has 1 aliphatic rings. The lowest BCUT2D eigenvalue weighted by Gasteiger charge is -2.22. The number of likely N-dealkylation sites (tertiary alicyclic amines) is 1. The highest BCUT2D eigenvalue weighted by Crippen LogP contribution is 2.21. The average molecular weight is 385 g/mol. The Morgan fingerprint density at radius 2 is 1.96 bits per heavy atom. The molecule has 1 aromatic heterocycles. The fraction of sp³-hybridized carbons (Fsp3) is 0.333. The van der Waals surface area contributed by atoms with E-state index in [1.165, 1.54) is 17.1 Å². The smallest absolute Gasteiger partial charge is 0.323 e. The van der Waals surface area contributed by atoms with E-state index in [1.54, 1.807) is 6.07 Å². The molecule has 1 fully saturated rings. The van der Waals surface area contributed by atoms with Crippen LogP contribution in [0.2, 0.25) is 0 Å². The standard InChI is InChI=1S/C18H23N7O3/c19-16(26)11-25-10-14(8-21-25)23-18(28)22-13-4-1-3-12(7-13)9-24-6-2-5-15(24)17(20)27/h1,3-4,7-8,10,15H,2,5-6,9,11H2,(H2,19,26)(H2,20,27)(H2,22,23,28)/t15-/m0/s1. The van der Waals surface area contributed by atoms with Gasteiger partial charge < -0.3 is 22.1 Å². The molecule has 0 aliphatic carbocycles. The normalized spacial score (nSPS) is 16.6. The summed E-state index contributed by atoms with van der Waals surface area (Å²) in [5.41, 5.74) is 12.6. The predicted octanol–water partition coefficient (Wildman–Crippen LogP) is 0.462. The SMILES string of the molecule is NC(=O)Cn1cc(NC(=O)Nc2cccc(CN3CCC[C@H]3C(N)=O)c2)cn1. The highest BCUT2D eigenvalue weighted by molar-refractivity contribution is 5.99. The molecular formula is C18H23N7O3. The first-order valence-corrected chi connectivity index (χ1v) is 8.92. The number of carbonyl (C=O) groups excluding carboxylic acids is 3. The number of aromatic nitrogens is 2. The number of hydrogen-bond acceptors (Lipinski definition) is 5. The third-order valence-electron chi connectivity index (χ3n) is 4.47. The number of carbonyl (C=O) groups is 3. The van der Waals surface area contributed by atoms with Crippen molar-refractivity contribution in [2.45, 2.75) is 32.0 Å². The lowest BCUT2D eigenvalue weighted by Crippen LogP contribution is -2.39. The van der Waals surface area contributed by atoms with Crippen LogP contribution in [-0.2, 0) is 22.7 Å². The maximum atomic E-state index is 12.2. The molecule has 1 aromatic carbocycles. The number of nitrogens with one attached hydrogen (secondary N) is 2. The highest BCUT2D eigenvalue weighted by atomic mass is 16.2. The highest BCUT2D eigenvalue weighted by Gasteiger charge is 2.28. The minimum Gasteiger partial charge on any atom is -0.368 e. The molecule has 1 aliphatic heterocycles. The number of benzene rings is 1. The third-order valence-corrected chi connectivity index (χ3v) is 4.47. The maximum absolute atomic E-state index is 12.2. The number of hydrogen-bond donors (Lipinski definition) is 4. The second kappa shape index (κ2) is 8.53. The summed E-state index contributed by atoms with van der Waals surface area (Å²) in [5, 5.41) is 9.33. The molecule has 2 heterocycles. The van der Waals surface area contributed by atoms with Crippen molar-refractivity contribution in [3.63, 3.8) is 0 Å². The summed E-state index contributed by atoms with van der Waals surface area (Å²) in [6.07, 6.45) is 4.66.